The number of nitrogens with one attached hydrogen (secondary N) is 3. The van der Waals surface area contributed by atoms with E-state index in [0.29, 0.717) is 18.5 Å². The van der Waals surface area contributed by atoms with E-state index in [0.717, 1.165) is 18.6 Å². The van der Waals surface area contributed by atoms with Crippen LogP contribution in [0.3, 0.4) is 0 Å². The van der Waals surface area contributed by atoms with Crippen LogP contribution in [0.1, 0.15) is 23.2 Å². The third-order valence-corrected chi connectivity index (χ3v) is 3.28. The number of nitrogens with two attached hydrogens (primary N) is 1. The molecule has 28 heavy (non-hydrogen) atoms. The summed E-state index contributed by atoms with van der Waals surface area (Å²) >= 11 is 0. The van der Waals surface area contributed by atoms with Gasteiger partial charge in [0.05, 0.1) is 0 Å². The van der Waals surface area contributed by atoms with Crippen LogP contribution < -0.4 is 21.8 Å². The maximum atomic E-state index is 13.4. The van der Waals surface area contributed by atoms with Crippen LogP contribution in [0.5, 0.6) is 0 Å². The topological polar surface area (TPSA) is 109 Å². The van der Waals surface area contributed by atoms with E-state index < -0.39 is 23.1 Å². The number of benzene rings is 1. The number of amides is 1. The van der Waals surface area contributed by atoms with E-state index in [4.69, 9.17) is 5.73 Å². The molecular formula is C19H23F2N5O2. The van der Waals surface area contributed by atoms with Crippen molar-refractivity contribution in [1.29, 1.82) is 0 Å². The molecular weight excluding hydrogens is 368 g/mol. The highest BCUT2D eigenvalue weighted by Gasteiger charge is 2.19. The Morgan fingerprint density at radius 3 is 2.61 bits per heavy atom. The Morgan fingerprint density at radius 1 is 1.29 bits per heavy atom. The summed E-state index contributed by atoms with van der Waals surface area (Å²) in [7, 11) is 1.88. The predicted molar refractivity (Wildman–Crippen MR) is 104 cm³/mol. The van der Waals surface area contributed by atoms with Crippen molar-refractivity contribution in [1.82, 2.24) is 16.1 Å². The molecule has 1 aliphatic rings. The zero-order chi connectivity index (χ0) is 20.8. The van der Waals surface area contributed by atoms with Crippen LogP contribution in [-0.2, 0) is 4.79 Å². The molecule has 0 radical (unpaired) electrons. The van der Waals surface area contributed by atoms with Crippen molar-refractivity contribution in [3.8, 4) is 0 Å². The van der Waals surface area contributed by atoms with Crippen molar-refractivity contribution in [2.75, 3.05) is 13.6 Å². The molecule has 150 valence electrons. The Bertz CT molecular complexity index is 756. The third kappa shape index (κ3) is 7.92. The Kier molecular flexibility index (Phi) is 10.5. The normalized spacial score (nSPS) is 13.1. The van der Waals surface area contributed by atoms with Crippen LogP contribution in [-0.4, -0.2) is 31.5 Å². The maximum absolute atomic E-state index is 13.4. The second-order valence-corrected chi connectivity index (χ2v) is 5.38. The lowest BCUT2D eigenvalue weighted by Gasteiger charge is -2.13. The van der Waals surface area contributed by atoms with E-state index >= 15 is 0 Å². The molecule has 0 fully saturated rings. The van der Waals surface area contributed by atoms with Crippen LogP contribution in [0.25, 0.3) is 0 Å². The van der Waals surface area contributed by atoms with E-state index in [1.165, 1.54) is 12.3 Å². The van der Waals surface area contributed by atoms with Crippen LogP contribution in [0, 0.1) is 11.6 Å². The molecule has 2 rings (SSSR count). The molecule has 1 amide bonds. The lowest BCUT2D eigenvalue weighted by atomic mass is 10.1. The summed E-state index contributed by atoms with van der Waals surface area (Å²) in [5.41, 5.74) is 7.43. The highest BCUT2D eigenvalue weighted by atomic mass is 19.1. The molecule has 0 aromatic heterocycles. The molecule has 7 nitrogen and oxygen atoms in total. The van der Waals surface area contributed by atoms with Crippen LogP contribution in [0.15, 0.2) is 59.6 Å². The number of halogens is 2. The number of hydrogen-bond donors (Lipinski definition) is 4. The first kappa shape index (κ1) is 22.7. The molecule has 9 heteroatoms. The first-order valence-electron chi connectivity index (χ1n) is 8.42. The monoisotopic (exact) mass is 391 g/mol. The van der Waals surface area contributed by atoms with Gasteiger partial charge in [-0.3, -0.25) is 15.0 Å². The molecule has 0 bridgehead atoms. The number of carbonyl (C=O) groups is 2. The van der Waals surface area contributed by atoms with Crippen molar-refractivity contribution < 1.29 is 18.4 Å². The van der Waals surface area contributed by atoms with E-state index in [1.807, 2.05) is 31.5 Å². The summed E-state index contributed by atoms with van der Waals surface area (Å²) in [6, 6.07) is 3.15. The molecule has 1 aromatic rings. The smallest absolute Gasteiger partial charge is 0.261 e. The minimum absolute atomic E-state index is 0.0817. The fraction of sp³-hybridized carbons (Fsp3) is 0.211. The first-order valence-corrected chi connectivity index (χ1v) is 8.42. The quantitative estimate of drug-likeness (QED) is 0.418. The first-order chi connectivity index (χ1) is 13.5. The molecule has 0 aliphatic carbocycles. The predicted octanol–water partition coefficient (Wildman–Crippen LogP) is 1.71. The van der Waals surface area contributed by atoms with Gasteiger partial charge in [0.2, 0.25) is 0 Å². The summed E-state index contributed by atoms with van der Waals surface area (Å²) in [6.45, 7) is 0.632. The second-order valence-electron chi connectivity index (χ2n) is 5.38. The lowest BCUT2D eigenvalue weighted by molar-refractivity contribution is -0.102. The molecule has 0 spiro atoms. The molecule has 0 atom stereocenters. The number of hydrazone groups is 1. The van der Waals surface area contributed by atoms with Crippen molar-refractivity contribution in [3.63, 3.8) is 0 Å². The van der Waals surface area contributed by atoms with Gasteiger partial charge in [-0.15, -0.1) is 0 Å². The molecule has 5 N–H and O–H groups in total. The molecule has 1 aliphatic heterocycles. The van der Waals surface area contributed by atoms with Crippen molar-refractivity contribution in [2.24, 2.45) is 10.8 Å². The molecule has 0 saturated heterocycles. The molecule has 0 saturated carbocycles. The fourth-order valence-electron chi connectivity index (χ4n) is 2.01. The Hall–Kier alpha value is -3.33. The summed E-state index contributed by atoms with van der Waals surface area (Å²) in [5.74, 6) is -2.83. The van der Waals surface area contributed by atoms with E-state index in [1.54, 1.807) is 0 Å². The van der Waals surface area contributed by atoms with Gasteiger partial charge in [0.15, 0.2) is 6.29 Å². The summed E-state index contributed by atoms with van der Waals surface area (Å²) in [4.78, 5) is 22.3. The second kappa shape index (κ2) is 12.9. The standard InChI is InChI=1S/C12H9F2N3O2.C7H14N2/c13-9-2-1-3-10(14)11(9)12(19)16-7-4-8(6-18)17-15-5-7;1-9-7-5-3-2-4-6-8/h1-3,5-6,15H,4H2,(H,16,19);2,4-5,7,9H,3,6,8H2,1H3/b;4-2-,7-5-. The minimum atomic E-state index is -0.953. The number of carbonyl (C=O) groups excluding carboxylic acids is 2. The number of nitrogens with zero attached hydrogens (tertiary/aromatic N) is 1. The van der Waals surface area contributed by atoms with Crippen LogP contribution in [0.4, 0.5) is 8.78 Å². The van der Waals surface area contributed by atoms with Gasteiger partial charge in [-0.25, -0.2) is 8.78 Å². The average Bonchev–Trinajstić information content (AvgIpc) is 2.68. The van der Waals surface area contributed by atoms with Crippen molar-refractivity contribution in [3.05, 3.63) is 71.7 Å². The summed E-state index contributed by atoms with van der Waals surface area (Å²) in [5, 5.41) is 8.86. The van der Waals surface area contributed by atoms with Crippen molar-refractivity contribution >= 4 is 17.9 Å². The van der Waals surface area contributed by atoms with Gasteiger partial charge in [0.1, 0.15) is 22.9 Å². The Balaban J connectivity index is 0.000000370. The largest absolute Gasteiger partial charge is 0.394 e. The van der Waals surface area contributed by atoms with Crippen molar-refractivity contribution in [2.45, 2.75) is 12.8 Å². The minimum Gasteiger partial charge on any atom is -0.394 e. The Morgan fingerprint density at radius 2 is 2.00 bits per heavy atom. The van der Waals surface area contributed by atoms with Gasteiger partial charge in [0.25, 0.3) is 5.91 Å². The number of aldehydes is 1. The molecule has 0 unspecified atom stereocenters. The van der Waals surface area contributed by atoms with Gasteiger partial charge in [-0.05, 0) is 24.8 Å². The van der Waals surface area contributed by atoms with Gasteiger partial charge in [-0.1, -0.05) is 24.3 Å². The SMILES string of the molecule is CN/C=C\C/C=C\CN.O=CC1=NNC=C(NC(=O)c2c(F)cccc2F)C1. The van der Waals surface area contributed by atoms with E-state index in [2.05, 4.69) is 21.2 Å². The highest BCUT2D eigenvalue weighted by molar-refractivity contribution is 6.29. The van der Waals surface area contributed by atoms with Crippen LogP contribution >= 0.6 is 0 Å². The average molecular weight is 391 g/mol. The number of hydrogen-bond acceptors (Lipinski definition) is 6. The highest BCUT2D eigenvalue weighted by Crippen LogP contribution is 2.13. The molecule has 1 heterocycles. The summed E-state index contributed by atoms with van der Waals surface area (Å²) in [6.07, 6.45) is 10.8. The molecule has 1 aromatic carbocycles. The number of allylic oxidation sites excluding steroid dienone is 3. The van der Waals surface area contributed by atoms with E-state index in [9.17, 15) is 18.4 Å². The van der Waals surface area contributed by atoms with Gasteiger partial charge < -0.3 is 16.4 Å². The van der Waals surface area contributed by atoms with Gasteiger partial charge >= 0.3 is 0 Å². The third-order valence-electron chi connectivity index (χ3n) is 3.28. The summed E-state index contributed by atoms with van der Waals surface area (Å²) < 4.78 is 26.8. The van der Waals surface area contributed by atoms with Gasteiger partial charge in [-0.2, -0.15) is 5.10 Å². The maximum Gasteiger partial charge on any atom is 0.261 e. The number of rotatable bonds is 7. The fourth-order valence-corrected chi connectivity index (χ4v) is 2.01. The Labute approximate surface area is 162 Å². The zero-order valence-corrected chi connectivity index (χ0v) is 15.4. The van der Waals surface area contributed by atoms with Crippen LogP contribution in [0.2, 0.25) is 0 Å². The van der Waals surface area contributed by atoms with Gasteiger partial charge in [0, 0.05) is 31.9 Å². The lowest BCUT2D eigenvalue weighted by Crippen LogP contribution is -2.29. The zero-order valence-electron chi connectivity index (χ0n) is 15.4. The van der Waals surface area contributed by atoms with E-state index in [-0.39, 0.29) is 12.1 Å².